The second-order valence-electron chi connectivity index (χ2n) is 6.55. The highest BCUT2D eigenvalue weighted by Crippen LogP contribution is 2.27. The Morgan fingerprint density at radius 3 is 2.85 bits per heavy atom. The summed E-state index contributed by atoms with van der Waals surface area (Å²) in [5, 5.41) is 21.7. The molecule has 1 aliphatic heterocycles. The first-order chi connectivity index (χ1) is 13.0. The minimum absolute atomic E-state index is 0.110. The van der Waals surface area contributed by atoms with Crippen molar-refractivity contribution in [3.63, 3.8) is 0 Å². The zero-order valence-corrected chi connectivity index (χ0v) is 15.4. The molecule has 4 N–H and O–H groups in total. The molecule has 1 aliphatic rings. The number of hydrogen-bond acceptors (Lipinski definition) is 6. The van der Waals surface area contributed by atoms with Gasteiger partial charge in [-0.1, -0.05) is 26.2 Å². The number of aliphatic hydroxyl groups excluding tert-OH is 2. The third-order valence-electron chi connectivity index (χ3n) is 4.43. The molecule has 9 nitrogen and oxygen atoms in total. The second-order valence-corrected chi connectivity index (χ2v) is 6.55. The third kappa shape index (κ3) is 5.88. The molecule has 150 valence electrons. The Morgan fingerprint density at radius 2 is 2.19 bits per heavy atom. The van der Waals surface area contributed by atoms with E-state index in [0.29, 0.717) is 6.54 Å². The number of rotatable bonds is 9. The molecule has 0 bridgehead atoms. The first-order valence-electron chi connectivity index (χ1n) is 9.22. The zero-order valence-electron chi connectivity index (χ0n) is 15.4. The molecule has 1 aromatic rings. The fraction of sp³-hybridized carbons (Fsp3) is 0.611. The van der Waals surface area contributed by atoms with Crippen LogP contribution in [0, 0.1) is 0 Å². The second kappa shape index (κ2) is 10.2. The SMILES string of the molecule is CCCCCCNC(=O)C=Cc1cn([C@H]2C[C@H](O)[C@@H](CO)O2)c(=O)[nH]c1=O. The van der Waals surface area contributed by atoms with Crippen LogP contribution < -0.4 is 16.6 Å². The summed E-state index contributed by atoms with van der Waals surface area (Å²) in [6.45, 7) is 2.30. The van der Waals surface area contributed by atoms with E-state index in [-0.39, 0.29) is 24.5 Å². The Morgan fingerprint density at radius 1 is 1.41 bits per heavy atom. The molecule has 2 heterocycles. The van der Waals surface area contributed by atoms with Gasteiger partial charge >= 0.3 is 5.69 Å². The fourth-order valence-corrected chi connectivity index (χ4v) is 2.87. The number of aromatic nitrogens is 2. The van der Waals surface area contributed by atoms with Crippen molar-refractivity contribution in [3.8, 4) is 0 Å². The maximum absolute atomic E-state index is 12.0. The number of nitrogens with zero attached hydrogens (tertiary/aromatic N) is 1. The normalized spacial score (nSPS) is 22.4. The molecule has 1 amide bonds. The average Bonchev–Trinajstić information content (AvgIpc) is 3.01. The van der Waals surface area contributed by atoms with Gasteiger partial charge < -0.3 is 20.3 Å². The molecule has 0 radical (unpaired) electrons. The van der Waals surface area contributed by atoms with Gasteiger partial charge in [-0.05, 0) is 12.5 Å². The van der Waals surface area contributed by atoms with Crippen LogP contribution in [-0.2, 0) is 9.53 Å². The number of carbonyl (C=O) groups is 1. The van der Waals surface area contributed by atoms with E-state index in [4.69, 9.17) is 9.84 Å². The largest absolute Gasteiger partial charge is 0.394 e. The average molecular weight is 381 g/mol. The number of nitrogens with one attached hydrogen (secondary N) is 2. The van der Waals surface area contributed by atoms with E-state index in [1.807, 2.05) is 0 Å². The topological polar surface area (TPSA) is 134 Å². The molecule has 2 rings (SSSR count). The van der Waals surface area contributed by atoms with E-state index in [2.05, 4.69) is 17.2 Å². The van der Waals surface area contributed by atoms with Gasteiger partial charge in [-0.3, -0.25) is 19.1 Å². The van der Waals surface area contributed by atoms with Gasteiger partial charge in [-0.15, -0.1) is 0 Å². The standard InChI is InChI=1S/C18H27N3O6/c1-2-3-4-5-8-19-15(24)7-6-12-10-21(18(26)20-17(12)25)16-9-13(23)14(11-22)27-16/h6-7,10,13-14,16,22-23H,2-5,8-9,11H2,1H3,(H,19,24)(H,20,25,26)/t13-,14+,16+/m0/s1. The lowest BCUT2D eigenvalue weighted by Gasteiger charge is -2.14. The highest BCUT2D eigenvalue weighted by Gasteiger charge is 2.35. The van der Waals surface area contributed by atoms with Crippen molar-refractivity contribution in [2.45, 2.75) is 57.5 Å². The Hall–Kier alpha value is -2.23. The summed E-state index contributed by atoms with van der Waals surface area (Å²) >= 11 is 0. The Balaban J connectivity index is 2.04. The van der Waals surface area contributed by atoms with Crippen LogP contribution in [0.4, 0.5) is 0 Å². The summed E-state index contributed by atoms with van der Waals surface area (Å²) < 4.78 is 6.57. The molecule has 0 saturated carbocycles. The van der Waals surface area contributed by atoms with E-state index >= 15 is 0 Å². The number of aliphatic hydroxyl groups is 2. The van der Waals surface area contributed by atoms with Gasteiger partial charge in [0.15, 0.2) is 0 Å². The number of H-pyrrole nitrogens is 1. The number of carbonyl (C=O) groups excluding carboxylic acids is 1. The van der Waals surface area contributed by atoms with Gasteiger partial charge in [0.2, 0.25) is 5.91 Å². The lowest BCUT2D eigenvalue weighted by atomic mass is 10.2. The molecule has 27 heavy (non-hydrogen) atoms. The Labute approximate surface area is 156 Å². The van der Waals surface area contributed by atoms with E-state index in [0.717, 1.165) is 30.3 Å². The van der Waals surface area contributed by atoms with E-state index in [1.165, 1.54) is 18.3 Å². The van der Waals surface area contributed by atoms with Crippen molar-refractivity contribution in [2.24, 2.45) is 0 Å². The van der Waals surface area contributed by atoms with Crippen molar-refractivity contribution in [2.75, 3.05) is 13.2 Å². The molecule has 1 aromatic heterocycles. The van der Waals surface area contributed by atoms with Crippen LogP contribution in [0.1, 0.15) is 50.8 Å². The summed E-state index contributed by atoms with van der Waals surface area (Å²) in [4.78, 5) is 38.0. The molecule has 1 saturated heterocycles. The Bertz CT molecular complexity index is 769. The molecular weight excluding hydrogens is 354 g/mol. The number of aromatic amines is 1. The smallest absolute Gasteiger partial charge is 0.330 e. The van der Waals surface area contributed by atoms with Crippen LogP contribution in [0.2, 0.25) is 0 Å². The van der Waals surface area contributed by atoms with E-state index in [9.17, 15) is 19.5 Å². The molecule has 3 atom stereocenters. The maximum atomic E-state index is 12.0. The van der Waals surface area contributed by atoms with E-state index < -0.39 is 29.7 Å². The predicted molar refractivity (Wildman–Crippen MR) is 99.1 cm³/mol. The van der Waals surface area contributed by atoms with Crippen molar-refractivity contribution < 1.29 is 19.7 Å². The van der Waals surface area contributed by atoms with Crippen LogP contribution in [0.25, 0.3) is 6.08 Å². The summed E-state index contributed by atoms with van der Waals surface area (Å²) in [6, 6.07) is 0. The predicted octanol–water partition coefficient (Wildman–Crippen LogP) is -0.113. The lowest BCUT2D eigenvalue weighted by molar-refractivity contribution is -0.116. The van der Waals surface area contributed by atoms with Gasteiger partial charge in [0, 0.05) is 25.2 Å². The number of unbranched alkanes of at least 4 members (excludes halogenated alkanes) is 3. The summed E-state index contributed by atoms with van der Waals surface area (Å²) in [5.74, 6) is -0.323. The highest BCUT2D eigenvalue weighted by molar-refractivity contribution is 5.91. The van der Waals surface area contributed by atoms with Crippen molar-refractivity contribution in [1.29, 1.82) is 0 Å². The third-order valence-corrected chi connectivity index (χ3v) is 4.43. The van der Waals surface area contributed by atoms with Gasteiger partial charge in [-0.25, -0.2) is 4.79 Å². The van der Waals surface area contributed by atoms with Crippen LogP contribution in [0.5, 0.6) is 0 Å². The minimum atomic E-state index is -0.906. The molecule has 1 fully saturated rings. The first-order valence-corrected chi connectivity index (χ1v) is 9.22. The van der Waals surface area contributed by atoms with Crippen molar-refractivity contribution in [3.05, 3.63) is 38.7 Å². The molecule has 0 aromatic carbocycles. The highest BCUT2D eigenvalue weighted by atomic mass is 16.5. The maximum Gasteiger partial charge on any atom is 0.330 e. The molecule has 0 unspecified atom stereocenters. The molecular formula is C18H27N3O6. The Kier molecular flexibility index (Phi) is 7.96. The van der Waals surface area contributed by atoms with Crippen LogP contribution in [0.3, 0.4) is 0 Å². The number of hydrogen-bond donors (Lipinski definition) is 4. The summed E-state index contributed by atoms with van der Waals surface area (Å²) in [5.41, 5.74) is -1.20. The van der Waals surface area contributed by atoms with Crippen molar-refractivity contribution >= 4 is 12.0 Å². The van der Waals surface area contributed by atoms with Gasteiger partial charge in [0.05, 0.1) is 18.3 Å². The molecule has 0 spiro atoms. The first kappa shape index (κ1) is 21.1. The summed E-state index contributed by atoms with van der Waals surface area (Å²) in [7, 11) is 0. The number of amides is 1. The zero-order chi connectivity index (χ0) is 19.8. The fourth-order valence-electron chi connectivity index (χ4n) is 2.87. The van der Waals surface area contributed by atoms with Crippen LogP contribution in [0.15, 0.2) is 21.9 Å². The van der Waals surface area contributed by atoms with E-state index in [1.54, 1.807) is 0 Å². The quantitative estimate of drug-likeness (QED) is 0.348. The van der Waals surface area contributed by atoms with Crippen LogP contribution in [-0.4, -0.2) is 51.0 Å². The van der Waals surface area contributed by atoms with Gasteiger partial charge in [0.1, 0.15) is 12.3 Å². The van der Waals surface area contributed by atoms with Crippen LogP contribution >= 0.6 is 0 Å². The van der Waals surface area contributed by atoms with Gasteiger partial charge in [-0.2, -0.15) is 0 Å². The number of ether oxygens (including phenoxy) is 1. The van der Waals surface area contributed by atoms with Crippen molar-refractivity contribution in [1.82, 2.24) is 14.9 Å². The summed E-state index contributed by atoms with van der Waals surface area (Å²) in [6.07, 6.45) is 5.64. The van der Waals surface area contributed by atoms with Gasteiger partial charge in [0.25, 0.3) is 5.56 Å². The molecule has 0 aliphatic carbocycles. The minimum Gasteiger partial charge on any atom is -0.394 e. The monoisotopic (exact) mass is 381 g/mol. The lowest BCUT2D eigenvalue weighted by Crippen LogP contribution is -2.33. The molecule has 9 heteroatoms.